The maximum atomic E-state index is 13.0. The van der Waals surface area contributed by atoms with E-state index < -0.39 is 12.1 Å². The van der Waals surface area contributed by atoms with Crippen molar-refractivity contribution in [2.45, 2.75) is 32.0 Å². The van der Waals surface area contributed by atoms with Crippen molar-refractivity contribution >= 4 is 11.8 Å². The number of carbonyl (C=O) groups is 2. The summed E-state index contributed by atoms with van der Waals surface area (Å²) in [6, 6.07) is 18.2. The second-order valence-corrected chi connectivity index (χ2v) is 5.73. The Morgan fingerprint density at radius 1 is 0.957 bits per heavy atom. The van der Waals surface area contributed by atoms with Crippen LogP contribution in [0.15, 0.2) is 60.7 Å². The van der Waals surface area contributed by atoms with Crippen LogP contribution in [0.5, 0.6) is 0 Å². The standard InChI is InChI=1S/C19H20N2O2/c1-2-16-18(22)20-17(15-11-7-4-8-12-15)19(23)21(16)13-14-9-5-3-6-10-14/h3-12,16-17H,2,13H2,1H3,(H,20,22). The van der Waals surface area contributed by atoms with Crippen LogP contribution in [0.25, 0.3) is 0 Å². The molecule has 4 heteroatoms. The largest absolute Gasteiger partial charge is 0.339 e. The van der Waals surface area contributed by atoms with Crippen LogP contribution < -0.4 is 5.32 Å². The first-order valence-corrected chi connectivity index (χ1v) is 7.90. The minimum atomic E-state index is -0.602. The first-order chi connectivity index (χ1) is 11.2. The van der Waals surface area contributed by atoms with Crippen LogP contribution in [0.3, 0.4) is 0 Å². The van der Waals surface area contributed by atoms with Crippen LogP contribution in [-0.2, 0) is 16.1 Å². The molecular weight excluding hydrogens is 288 g/mol. The molecule has 3 rings (SSSR count). The topological polar surface area (TPSA) is 49.4 Å². The molecule has 2 aromatic rings. The molecule has 0 saturated carbocycles. The lowest BCUT2D eigenvalue weighted by Gasteiger charge is -2.39. The van der Waals surface area contributed by atoms with Gasteiger partial charge in [0.15, 0.2) is 0 Å². The van der Waals surface area contributed by atoms with Crippen LogP contribution in [0.2, 0.25) is 0 Å². The smallest absolute Gasteiger partial charge is 0.250 e. The molecule has 2 amide bonds. The van der Waals surface area contributed by atoms with E-state index in [0.717, 1.165) is 11.1 Å². The zero-order valence-corrected chi connectivity index (χ0v) is 13.1. The summed E-state index contributed by atoms with van der Waals surface area (Å²) in [6.07, 6.45) is 0.603. The maximum Gasteiger partial charge on any atom is 0.250 e. The van der Waals surface area contributed by atoms with Crippen LogP contribution in [0, 0.1) is 0 Å². The highest BCUT2D eigenvalue weighted by Gasteiger charge is 2.40. The first kappa shape index (κ1) is 15.3. The summed E-state index contributed by atoms with van der Waals surface area (Å²) in [7, 11) is 0. The fraction of sp³-hybridized carbons (Fsp3) is 0.263. The highest BCUT2D eigenvalue weighted by molar-refractivity contribution is 5.97. The van der Waals surface area contributed by atoms with Gasteiger partial charge in [-0.05, 0) is 17.5 Å². The minimum Gasteiger partial charge on any atom is -0.339 e. The molecule has 0 bridgehead atoms. The van der Waals surface area contributed by atoms with E-state index in [9.17, 15) is 9.59 Å². The third kappa shape index (κ3) is 3.11. The zero-order valence-electron chi connectivity index (χ0n) is 13.1. The average molecular weight is 308 g/mol. The fourth-order valence-electron chi connectivity index (χ4n) is 3.01. The molecular formula is C19H20N2O2. The van der Waals surface area contributed by atoms with Crippen molar-refractivity contribution in [2.75, 3.05) is 0 Å². The van der Waals surface area contributed by atoms with E-state index in [4.69, 9.17) is 0 Å². The van der Waals surface area contributed by atoms with Crippen molar-refractivity contribution in [1.29, 1.82) is 0 Å². The molecule has 2 aromatic carbocycles. The van der Waals surface area contributed by atoms with Gasteiger partial charge in [0.1, 0.15) is 12.1 Å². The predicted octanol–water partition coefficient (Wildman–Crippen LogP) is 2.66. The Morgan fingerprint density at radius 2 is 1.57 bits per heavy atom. The van der Waals surface area contributed by atoms with Gasteiger partial charge in [0.05, 0.1) is 0 Å². The van der Waals surface area contributed by atoms with E-state index >= 15 is 0 Å². The van der Waals surface area contributed by atoms with Gasteiger partial charge >= 0.3 is 0 Å². The molecule has 1 heterocycles. The summed E-state index contributed by atoms with van der Waals surface area (Å²) >= 11 is 0. The van der Waals surface area contributed by atoms with Gasteiger partial charge in [-0.1, -0.05) is 67.6 Å². The van der Waals surface area contributed by atoms with Gasteiger partial charge in [-0.2, -0.15) is 0 Å². The summed E-state index contributed by atoms with van der Waals surface area (Å²) < 4.78 is 0. The number of carbonyl (C=O) groups excluding carboxylic acids is 2. The summed E-state index contributed by atoms with van der Waals surface area (Å²) in [6.45, 7) is 2.38. The molecule has 1 aliphatic heterocycles. The summed E-state index contributed by atoms with van der Waals surface area (Å²) in [5, 5.41) is 2.87. The number of nitrogens with one attached hydrogen (secondary N) is 1. The van der Waals surface area contributed by atoms with Crippen molar-refractivity contribution in [2.24, 2.45) is 0 Å². The van der Waals surface area contributed by atoms with Crippen LogP contribution in [0.4, 0.5) is 0 Å². The quantitative estimate of drug-likeness (QED) is 0.944. The average Bonchev–Trinajstić information content (AvgIpc) is 2.60. The molecule has 1 aliphatic rings. The molecule has 1 fully saturated rings. The van der Waals surface area contributed by atoms with Gasteiger partial charge in [0.2, 0.25) is 5.91 Å². The molecule has 0 aliphatic carbocycles. The molecule has 0 aromatic heterocycles. The highest BCUT2D eigenvalue weighted by Crippen LogP contribution is 2.25. The molecule has 1 saturated heterocycles. The molecule has 1 N–H and O–H groups in total. The lowest BCUT2D eigenvalue weighted by Crippen LogP contribution is -2.58. The van der Waals surface area contributed by atoms with E-state index in [1.807, 2.05) is 67.6 Å². The number of hydrogen-bond donors (Lipinski definition) is 1. The summed E-state index contributed by atoms with van der Waals surface area (Å²) in [5.74, 6) is -0.136. The molecule has 23 heavy (non-hydrogen) atoms. The second-order valence-electron chi connectivity index (χ2n) is 5.73. The Kier molecular flexibility index (Phi) is 4.42. The molecule has 118 valence electrons. The number of hydrogen-bond acceptors (Lipinski definition) is 2. The van der Waals surface area contributed by atoms with E-state index in [2.05, 4.69) is 5.32 Å². The third-order valence-corrected chi connectivity index (χ3v) is 4.21. The predicted molar refractivity (Wildman–Crippen MR) is 88.4 cm³/mol. The van der Waals surface area contributed by atoms with E-state index in [1.165, 1.54) is 0 Å². The van der Waals surface area contributed by atoms with Crippen molar-refractivity contribution in [1.82, 2.24) is 10.2 Å². The Bertz CT molecular complexity index is 685. The lowest BCUT2D eigenvalue weighted by atomic mass is 9.98. The van der Waals surface area contributed by atoms with E-state index in [0.29, 0.717) is 13.0 Å². The van der Waals surface area contributed by atoms with Crippen molar-refractivity contribution in [3.63, 3.8) is 0 Å². The van der Waals surface area contributed by atoms with Gasteiger partial charge in [-0.3, -0.25) is 9.59 Å². The van der Waals surface area contributed by atoms with Crippen molar-refractivity contribution in [3.05, 3.63) is 71.8 Å². The second kappa shape index (κ2) is 6.65. The molecule has 4 nitrogen and oxygen atoms in total. The summed E-state index contributed by atoms with van der Waals surface area (Å²) in [4.78, 5) is 27.1. The van der Waals surface area contributed by atoms with E-state index in [-0.39, 0.29) is 11.8 Å². The van der Waals surface area contributed by atoms with Crippen LogP contribution >= 0.6 is 0 Å². The normalized spacial score (nSPS) is 21.2. The number of piperazine rings is 1. The Morgan fingerprint density at radius 3 is 2.17 bits per heavy atom. The van der Waals surface area contributed by atoms with Gasteiger partial charge in [-0.25, -0.2) is 0 Å². The number of amides is 2. The van der Waals surface area contributed by atoms with Crippen LogP contribution in [0.1, 0.15) is 30.5 Å². The van der Waals surface area contributed by atoms with Gasteiger partial charge in [0.25, 0.3) is 5.91 Å². The van der Waals surface area contributed by atoms with Gasteiger partial charge < -0.3 is 10.2 Å². The lowest BCUT2D eigenvalue weighted by molar-refractivity contribution is -0.150. The van der Waals surface area contributed by atoms with Gasteiger partial charge in [-0.15, -0.1) is 0 Å². The third-order valence-electron chi connectivity index (χ3n) is 4.21. The molecule has 0 spiro atoms. The Labute approximate surface area is 136 Å². The van der Waals surface area contributed by atoms with Gasteiger partial charge in [0, 0.05) is 6.54 Å². The first-order valence-electron chi connectivity index (χ1n) is 7.90. The molecule has 2 atom stereocenters. The number of nitrogens with zero attached hydrogens (tertiary/aromatic N) is 1. The molecule has 0 radical (unpaired) electrons. The van der Waals surface area contributed by atoms with E-state index in [1.54, 1.807) is 4.90 Å². The zero-order chi connectivity index (χ0) is 16.2. The molecule has 2 unspecified atom stereocenters. The highest BCUT2D eigenvalue weighted by atomic mass is 16.2. The Hall–Kier alpha value is -2.62. The summed E-state index contributed by atoms with van der Waals surface area (Å²) in [5.41, 5.74) is 1.85. The maximum absolute atomic E-state index is 13.0. The number of rotatable bonds is 4. The van der Waals surface area contributed by atoms with Crippen molar-refractivity contribution < 1.29 is 9.59 Å². The SMILES string of the molecule is CCC1C(=O)NC(c2ccccc2)C(=O)N1Cc1ccccc1. The fourth-order valence-corrected chi connectivity index (χ4v) is 3.01. The van der Waals surface area contributed by atoms with Crippen molar-refractivity contribution in [3.8, 4) is 0 Å². The van der Waals surface area contributed by atoms with Crippen LogP contribution in [-0.4, -0.2) is 22.8 Å². The Balaban J connectivity index is 1.90. The number of benzene rings is 2. The monoisotopic (exact) mass is 308 g/mol. The minimum absolute atomic E-state index is 0.0495.